The summed E-state index contributed by atoms with van der Waals surface area (Å²) in [6.07, 6.45) is 4.07. The van der Waals surface area contributed by atoms with Gasteiger partial charge in [-0.1, -0.05) is 11.6 Å². The number of hydrogen-bond donors (Lipinski definition) is 1. The highest BCUT2D eigenvalue weighted by molar-refractivity contribution is 6.34. The minimum absolute atomic E-state index is 0.108. The van der Waals surface area contributed by atoms with Crippen LogP contribution in [0.5, 0.6) is 5.75 Å². The van der Waals surface area contributed by atoms with Crippen molar-refractivity contribution < 1.29 is 14.6 Å². The van der Waals surface area contributed by atoms with Crippen molar-refractivity contribution in [3.63, 3.8) is 0 Å². The molecule has 0 unspecified atom stereocenters. The molecule has 0 saturated heterocycles. The number of nitrogens with zero attached hydrogens (tertiary/aromatic N) is 2. The van der Waals surface area contributed by atoms with Gasteiger partial charge in [0.15, 0.2) is 0 Å². The normalized spacial score (nSPS) is 19.7. The highest BCUT2D eigenvalue weighted by atomic mass is 35.5. The molecule has 24 heavy (non-hydrogen) atoms. The second-order valence-electron chi connectivity index (χ2n) is 6.53. The molecule has 1 aliphatic heterocycles. The molecule has 5 nitrogen and oxygen atoms in total. The van der Waals surface area contributed by atoms with Crippen LogP contribution in [0.25, 0.3) is 10.9 Å². The average molecular weight is 347 g/mol. The number of amides is 1. The van der Waals surface area contributed by atoms with Gasteiger partial charge in [0.2, 0.25) is 5.91 Å². The van der Waals surface area contributed by atoms with Crippen LogP contribution in [0.15, 0.2) is 12.3 Å². The summed E-state index contributed by atoms with van der Waals surface area (Å²) in [6, 6.07) is 1.82. The van der Waals surface area contributed by atoms with E-state index >= 15 is 0 Å². The van der Waals surface area contributed by atoms with Crippen molar-refractivity contribution in [3.8, 4) is 5.75 Å². The molecular weight excluding hydrogens is 328 g/mol. The molecule has 0 bridgehead atoms. The zero-order valence-corrected chi connectivity index (χ0v) is 14.4. The maximum absolute atomic E-state index is 12.0. The summed E-state index contributed by atoms with van der Waals surface area (Å²) in [5.41, 5.74) is 4.07. The second kappa shape index (κ2) is 5.60. The molecule has 1 aromatic carbocycles. The molecular formula is C18H19ClN2O3. The highest BCUT2D eigenvalue weighted by Gasteiger charge is 2.35. The van der Waals surface area contributed by atoms with Crippen LogP contribution in [0.3, 0.4) is 0 Å². The lowest BCUT2D eigenvalue weighted by Crippen LogP contribution is -2.30. The Morgan fingerprint density at radius 2 is 2.21 bits per heavy atom. The number of methoxy groups -OCH3 is 1. The van der Waals surface area contributed by atoms with Crippen LogP contribution in [0, 0.1) is 0 Å². The van der Waals surface area contributed by atoms with Gasteiger partial charge >= 0.3 is 0 Å². The van der Waals surface area contributed by atoms with Gasteiger partial charge in [-0.25, -0.2) is 0 Å². The van der Waals surface area contributed by atoms with E-state index in [1.807, 2.05) is 19.2 Å². The smallest absolute Gasteiger partial charge is 0.249 e. The van der Waals surface area contributed by atoms with Crippen molar-refractivity contribution in [2.75, 3.05) is 13.7 Å². The molecule has 1 aromatic heterocycles. The number of rotatable bonds is 3. The average Bonchev–Trinajstić information content (AvgIpc) is 3.36. The van der Waals surface area contributed by atoms with Crippen molar-refractivity contribution in [1.29, 1.82) is 0 Å². The quantitative estimate of drug-likeness (QED) is 0.927. The second-order valence-corrected chi connectivity index (χ2v) is 6.91. The molecule has 0 spiro atoms. The van der Waals surface area contributed by atoms with Gasteiger partial charge in [0, 0.05) is 23.7 Å². The van der Waals surface area contributed by atoms with E-state index in [-0.39, 0.29) is 11.9 Å². The Bertz CT molecular complexity index is 848. The van der Waals surface area contributed by atoms with Gasteiger partial charge in [-0.05, 0) is 42.9 Å². The van der Waals surface area contributed by atoms with Gasteiger partial charge in [0.05, 0.1) is 23.7 Å². The third-order valence-electron chi connectivity index (χ3n) is 5.11. The van der Waals surface area contributed by atoms with Crippen LogP contribution >= 0.6 is 11.6 Å². The molecule has 2 heterocycles. The first kappa shape index (κ1) is 15.7. The number of ether oxygens (including phenoxy) is 1. The van der Waals surface area contributed by atoms with Crippen molar-refractivity contribution in [2.45, 2.75) is 38.3 Å². The Kier molecular flexibility index (Phi) is 3.66. The number of benzene rings is 1. The zero-order chi connectivity index (χ0) is 17.0. The monoisotopic (exact) mass is 346 g/mol. The molecule has 1 fully saturated rings. The standard InChI is InChI=1S/C18H19ClN2O3/c1-9-15-11(7-21(9)14(23)8-22)6-20-18-12(15)5-13(24-2)17(19)16(18)10-3-4-10/h5-6,9-10,22H,3-4,7-8H2,1-2H3/t9-/m0/s1. The summed E-state index contributed by atoms with van der Waals surface area (Å²) >= 11 is 6.55. The third kappa shape index (κ3) is 2.19. The summed E-state index contributed by atoms with van der Waals surface area (Å²) in [5, 5.41) is 10.8. The lowest BCUT2D eigenvalue weighted by molar-refractivity contribution is -0.136. The lowest BCUT2D eigenvalue weighted by Gasteiger charge is -2.21. The minimum Gasteiger partial charge on any atom is -0.495 e. The molecule has 126 valence electrons. The molecule has 1 aliphatic carbocycles. The zero-order valence-electron chi connectivity index (χ0n) is 13.7. The van der Waals surface area contributed by atoms with Crippen molar-refractivity contribution in [1.82, 2.24) is 9.88 Å². The summed E-state index contributed by atoms with van der Waals surface area (Å²) < 4.78 is 5.48. The Morgan fingerprint density at radius 1 is 1.46 bits per heavy atom. The van der Waals surface area contributed by atoms with E-state index in [1.165, 1.54) is 0 Å². The van der Waals surface area contributed by atoms with E-state index in [0.717, 1.165) is 40.4 Å². The first-order valence-electron chi connectivity index (χ1n) is 8.15. The van der Waals surface area contributed by atoms with Crippen LogP contribution in [-0.2, 0) is 11.3 Å². The molecule has 1 amide bonds. The van der Waals surface area contributed by atoms with E-state index in [2.05, 4.69) is 4.98 Å². The van der Waals surface area contributed by atoms with Crippen molar-refractivity contribution >= 4 is 28.4 Å². The number of fused-ring (bicyclic) bond motifs is 3. The number of aliphatic hydroxyl groups is 1. The summed E-state index contributed by atoms with van der Waals surface area (Å²) in [5.74, 6) is 0.822. The number of pyridine rings is 1. The van der Waals surface area contributed by atoms with Gasteiger partial charge in [-0.2, -0.15) is 0 Å². The molecule has 2 aliphatic rings. The van der Waals surface area contributed by atoms with Crippen molar-refractivity contribution in [3.05, 3.63) is 34.0 Å². The fraction of sp³-hybridized carbons (Fsp3) is 0.444. The van der Waals surface area contributed by atoms with Crippen LogP contribution in [0.4, 0.5) is 0 Å². The predicted octanol–water partition coefficient (Wildman–Crippen LogP) is 3.17. The van der Waals surface area contributed by atoms with E-state index < -0.39 is 6.61 Å². The van der Waals surface area contributed by atoms with Gasteiger partial charge < -0.3 is 14.7 Å². The maximum Gasteiger partial charge on any atom is 0.249 e. The number of halogens is 1. The molecule has 1 saturated carbocycles. The summed E-state index contributed by atoms with van der Waals surface area (Å²) in [7, 11) is 1.62. The maximum atomic E-state index is 12.0. The number of carbonyl (C=O) groups excluding carboxylic acids is 1. The number of aromatic nitrogens is 1. The predicted molar refractivity (Wildman–Crippen MR) is 91.3 cm³/mol. The van der Waals surface area contributed by atoms with Gasteiger partial charge in [-0.15, -0.1) is 0 Å². The van der Waals surface area contributed by atoms with E-state index in [4.69, 9.17) is 16.3 Å². The van der Waals surface area contributed by atoms with Crippen LogP contribution in [-0.4, -0.2) is 34.6 Å². The third-order valence-corrected chi connectivity index (χ3v) is 5.50. The molecule has 1 N–H and O–H groups in total. The molecule has 6 heteroatoms. The fourth-order valence-corrected chi connectivity index (χ4v) is 4.13. The number of aliphatic hydroxyl groups excluding tert-OH is 1. The van der Waals surface area contributed by atoms with Crippen LogP contribution in [0.2, 0.25) is 5.02 Å². The first-order valence-corrected chi connectivity index (χ1v) is 8.52. The Labute approximate surface area is 145 Å². The van der Waals surface area contributed by atoms with Gasteiger partial charge in [-0.3, -0.25) is 9.78 Å². The van der Waals surface area contributed by atoms with E-state index in [1.54, 1.807) is 12.0 Å². The minimum atomic E-state index is -0.480. The fourth-order valence-electron chi connectivity index (χ4n) is 3.76. The Balaban J connectivity index is 1.96. The van der Waals surface area contributed by atoms with Crippen LogP contribution < -0.4 is 4.74 Å². The van der Waals surface area contributed by atoms with Gasteiger partial charge in [0.25, 0.3) is 0 Å². The van der Waals surface area contributed by atoms with Crippen LogP contribution in [0.1, 0.15) is 48.4 Å². The molecule has 2 aromatic rings. The summed E-state index contributed by atoms with van der Waals surface area (Å²) in [4.78, 5) is 18.3. The lowest BCUT2D eigenvalue weighted by atomic mass is 9.97. The summed E-state index contributed by atoms with van der Waals surface area (Å²) in [6.45, 7) is 1.98. The van der Waals surface area contributed by atoms with E-state index in [9.17, 15) is 9.90 Å². The molecule has 4 rings (SSSR count). The molecule has 0 radical (unpaired) electrons. The Morgan fingerprint density at radius 3 is 2.83 bits per heavy atom. The topological polar surface area (TPSA) is 62.7 Å². The number of hydrogen-bond acceptors (Lipinski definition) is 4. The van der Waals surface area contributed by atoms with E-state index in [0.29, 0.717) is 23.2 Å². The SMILES string of the molecule is COc1cc2c3c(cnc2c(C2CC2)c1Cl)CN(C(=O)CO)[C@H]3C. The van der Waals surface area contributed by atoms with Gasteiger partial charge in [0.1, 0.15) is 12.4 Å². The largest absolute Gasteiger partial charge is 0.495 e. The number of carbonyl (C=O) groups is 1. The first-order chi connectivity index (χ1) is 11.6. The highest BCUT2D eigenvalue weighted by Crippen LogP contribution is 2.50. The molecule has 1 atom stereocenters. The Hall–Kier alpha value is -1.85. The van der Waals surface area contributed by atoms with Crippen molar-refractivity contribution in [2.24, 2.45) is 0 Å².